The zero-order valence-corrected chi connectivity index (χ0v) is 12.2. The van der Waals surface area contributed by atoms with Crippen molar-refractivity contribution in [2.45, 2.75) is 11.2 Å². The van der Waals surface area contributed by atoms with Crippen molar-refractivity contribution >= 4 is 21.0 Å². The first-order valence-corrected chi connectivity index (χ1v) is 7.86. The highest BCUT2D eigenvalue weighted by molar-refractivity contribution is 7.90. The molecule has 23 heavy (non-hydrogen) atoms. The standard InChI is InChI=1S/C11H7F3N6O2S/c1-23(21,22)7-2-3-15-10(18-7)20-5-17-6-4-16-9(11(12,13)14)19-8(6)20/h2-5H,1H3. The molecule has 0 bridgehead atoms. The van der Waals surface area contributed by atoms with Crippen LogP contribution >= 0.6 is 0 Å². The Balaban J connectivity index is 2.21. The van der Waals surface area contributed by atoms with Crippen LogP contribution in [0.1, 0.15) is 5.82 Å². The topological polar surface area (TPSA) is 104 Å². The van der Waals surface area contributed by atoms with Crippen molar-refractivity contribution in [2.24, 2.45) is 0 Å². The zero-order chi connectivity index (χ0) is 16.8. The molecule has 12 heteroatoms. The van der Waals surface area contributed by atoms with E-state index in [1.807, 2.05) is 0 Å². The van der Waals surface area contributed by atoms with Gasteiger partial charge in [-0.3, -0.25) is 4.57 Å². The Hall–Kier alpha value is -2.63. The van der Waals surface area contributed by atoms with Gasteiger partial charge in [0.2, 0.25) is 11.8 Å². The Labute approximate surface area is 127 Å². The first kappa shape index (κ1) is 15.3. The second-order valence-electron chi connectivity index (χ2n) is 4.48. The highest BCUT2D eigenvalue weighted by Gasteiger charge is 2.35. The van der Waals surface area contributed by atoms with E-state index >= 15 is 0 Å². The molecule has 0 aliphatic carbocycles. The SMILES string of the molecule is CS(=O)(=O)c1ccnc(-n2cnc3cnc(C(F)(F)F)nc32)n1. The molecule has 120 valence electrons. The van der Waals surface area contributed by atoms with Gasteiger partial charge in [-0.25, -0.2) is 33.3 Å². The van der Waals surface area contributed by atoms with Crippen molar-refractivity contribution in [1.29, 1.82) is 0 Å². The fraction of sp³-hybridized carbons (Fsp3) is 0.182. The Kier molecular flexibility index (Phi) is 3.28. The Morgan fingerprint density at radius 1 is 1.13 bits per heavy atom. The normalized spacial score (nSPS) is 12.7. The van der Waals surface area contributed by atoms with Crippen LogP contribution in [0.2, 0.25) is 0 Å². The molecule has 0 radical (unpaired) electrons. The van der Waals surface area contributed by atoms with E-state index in [4.69, 9.17) is 0 Å². The number of aromatic nitrogens is 6. The molecule has 8 nitrogen and oxygen atoms in total. The minimum atomic E-state index is -4.72. The van der Waals surface area contributed by atoms with Gasteiger partial charge >= 0.3 is 6.18 Å². The summed E-state index contributed by atoms with van der Waals surface area (Å²) < 4.78 is 62.2. The van der Waals surface area contributed by atoms with Gasteiger partial charge in [-0.05, 0) is 6.07 Å². The summed E-state index contributed by atoms with van der Waals surface area (Å²) in [6.07, 6.45) is -0.535. The molecule has 0 atom stereocenters. The molecule has 3 aromatic heterocycles. The van der Waals surface area contributed by atoms with Crippen molar-refractivity contribution in [3.63, 3.8) is 0 Å². The minimum absolute atomic E-state index is 0.0892. The number of hydrogen-bond acceptors (Lipinski definition) is 7. The maximum absolute atomic E-state index is 12.7. The summed E-state index contributed by atoms with van der Waals surface area (Å²) in [5, 5.41) is -0.269. The largest absolute Gasteiger partial charge is 0.451 e. The number of sulfone groups is 1. The molecule has 0 aromatic carbocycles. The predicted octanol–water partition coefficient (Wildman–Crippen LogP) is 1.03. The van der Waals surface area contributed by atoms with E-state index in [9.17, 15) is 21.6 Å². The fourth-order valence-electron chi connectivity index (χ4n) is 1.75. The van der Waals surface area contributed by atoms with E-state index in [0.717, 1.165) is 23.3 Å². The van der Waals surface area contributed by atoms with Gasteiger partial charge in [-0.15, -0.1) is 0 Å². The second kappa shape index (κ2) is 4.94. The summed E-state index contributed by atoms with van der Waals surface area (Å²) in [5.41, 5.74) is -0.0932. The molecular formula is C11H7F3N6O2S. The maximum atomic E-state index is 12.7. The highest BCUT2D eigenvalue weighted by Crippen LogP contribution is 2.27. The van der Waals surface area contributed by atoms with Gasteiger partial charge in [0.15, 0.2) is 20.5 Å². The third-order valence-electron chi connectivity index (χ3n) is 2.76. The molecule has 0 spiro atoms. The van der Waals surface area contributed by atoms with E-state index in [2.05, 4.69) is 24.9 Å². The first-order valence-electron chi connectivity index (χ1n) is 5.97. The van der Waals surface area contributed by atoms with Crippen molar-refractivity contribution < 1.29 is 21.6 Å². The lowest BCUT2D eigenvalue weighted by Crippen LogP contribution is -2.12. The van der Waals surface area contributed by atoms with Crippen LogP contribution < -0.4 is 0 Å². The van der Waals surface area contributed by atoms with Gasteiger partial charge in [0, 0.05) is 12.5 Å². The van der Waals surface area contributed by atoms with Crippen molar-refractivity contribution in [3.8, 4) is 5.95 Å². The molecule has 0 aliphatic heterocycles. The summed E-state index contributed by atoms with van der Waals surface area (Å²) in [6.45, 7) is 0. The van der Waals surface area contributed by atoms with Gasteiger partial charge in [-0.2, -0.15) is 13.2 Å². The predicted molar refractivity (Wildman–Crippen MR) is 70.4 cm³/mol. The van der Waals surface area contributed by atoms with E-state index in [-0.39, 0.29) is 22.1 Å². The van der Waals surface area contributed by atoms with Crippen molar-refractivity contribution in [2.75, 3.05) is 6.26 Å². The molecule has 0 aliphatic rings. The van der Waals surface area contributed by atoms with Gasteiger partial charge < -0.3 is 0 Å². The van der Waals surface area contributed by atoms with Crippen molar-refractivity contribution in [1.82, 2.24) is 29.5 Å². The number of hydrogen-bond donors (Lipinski definition) is 0. The quantitative estimate of drug-likeness (QED) is 0.640. The fourth-order valence-corrected chi connectivity index (χ4v) is 2.30. The van der Waals surface area contributed by atoms with Crippen LogP contribution in [0.3, 0.4) is 0 Å². The Morgan fingerprint density at radius 2 is 1.87 bits per heavy atom. The van der Waals surface area contributed by atoms with E-state index < -0.39 is 21.8 Å². The van der Waals surface area contributed by atoms with Gasteiger partial charge in [0.25, 0.3) is 0 Å². The number of imidazole rings is 1. The molecular weight excluding hydrogens is 337 g/mol. The number of halogens is 3. The van der Waals surface area contributed by atoms with E-state index in [1.165, 1.54) is 12.3 Å². The maximum Gasteiger partial charge on any atom is 0.451 e. The number of fused-ring (bicyclic) bond motifs is 1. The molecule has 0 saturated carbocycles. The summed E-state index contributed by atoms with van der Waals surface area (Å²) >= 11 is 0. The van der Waals surface area contributed by atoms with Gasteiger partial charge in [0.1, 0.15) is 11.8 Å². The van der Waals surface area contributed by atoms with Crippen LogP contribution in [0.4, 0.5) is 13.2 Å². The number of rotatable bonds is 2. The zero-order valence-electron chi connectivity index (χ0n) is 11.4. The van der Waals surface area contributed by atoms with Gasteiger partial charge in [-0.1, -0.05) is 0 Å². The molecule has 0 unspecified atom stereocenters. The third-order valence-corrected chi connectivity index (χ3v) is 3.74. The molecule has 3 rings (SSSR count). The van der Waals surface area contributed by atoms with E-state index in [0.29, 0.717) is 0 Å². The molecule has 0 fully saturated rings. The Morgan fingerprint density at radius 3 is 2.52 bits per heavy atom. The van der Waals surface area contributed by atoms with Gasteiger partial charge in [0.05, 0.1) is 6.20 Å². The third kappa shape index (κ3) is 2.84. The molecule has 0 amide bonds. The lowest BCUT2D eigenvalue weighted by atomic mass is 10.5. The lowest BCUT2D eigenvalue weighted by Gasteiger charge is -2.06. The molecule has 0 saturated heterocycles. The number of alkyl halides is 3. The molecule has 0 N–H and O–H groups in total. The first-order chi connectivity index (χ1) is 10.7. The van der Waals surface area contributed by atoms with Crippen LogP contribution in [0.25, 0.3) is 17.1 Å². The summed E-state index contributed by atoms with van der Waals surface area (Å²) in [4.78, 5) is 18.1. The van der Waals surface area contributed by atoms with E-state index in [1.54, 1.807) is 0 Å². The van der Waals surface area contributed by atoms with Crippen molar-refractivity contribution in [3.05, 3.63) is 30.6 Å². The summed E-state index contributed by atoms with van der Waals surface area (Å²) in [6, 6.07) is 1.17. The highest BCUT2D eigenvalue weighted by atomic mass is 32.2. The molecule has 3 aromatic rings. The van der Waals surface area contributed by atoms with Crippen LogP contribution in [0.15, 0.2) is 29.8 Å². The van der Waals surface area contributed by atoms with Crippen LogP contribution in [0, 0.1) is 0 Å². The Bertz CT molecular complexity index is 998. The lowest BCUT2D eigenvalue weighted by molar-refractivity contribution is -0.144. The summed E-state index contributed by atoms with van der Waals surface area (Å²) in [5.74, 6) is -1.51. The minimum Gasteiger partial charge on any atom is -0.251 e. The average Bonchev–Trinajstić information content (AvgIpc) is 2.88. The average molecular weight is 344 g/mol. The molecule has 3 heterocycles. The van der Waals surface area contributed by atoms with Crippen LogP contribution in [0.5, 0.6) is 0 Å². The monoisotopic (exact) mass is 344 g/mol. The number of nitrogens with zero attached hydrogens (tertiary/aromatic N) is 6. The second-order valence-corrected chi connectivity index (χ2v) is 6.44. The van der Waals surface area contributed by atoms with Crippen LogP contribution in [-0.2, 0) is 16.0 Å². The summed E-state index contributed by atoms with van der Waals surface area (Å²) in [7, 11) is -3.60. The van der Waals surface area contributed by atoms with Crippen LogP contribution in [-0.4, -0.2) is 44.2 Å². The smallest absolute Gasteiger partial charge is 0.251 e.